The largest absolute Gasteiger partial charge is 0.316 e. The zero-order valence-electron chi connectivity index (χ0n) is 9.47. The van der Waals surface area contributed by atoms with E-state index in [2.05, 4.69) is 5.32 Å². The molecule has 0 aromatic heterocycles. The van der Waals surface area contributed by atoms with Crippen molar-refractivity contribution in [1.29, 1.82) is 0 Å². The Morgan fingerprint density at radius 1 is 1.50 bits per heavy atom. The highest BCUT2D eigenvalue weighted by molar-refractivity contribution is 6.30. The fraction of sp³-hybridized carbons (Fsp3) is 0.538. The number of hydrogen-bond donors (Lipinski definition) is 1. The van der Waals surface area contributed by atoms with Gasteiger partial charge >= 0.3 is 0 Å². The summed E-state index contributed by atoms with van der Waals surface area (Å²) in [6.45, 7) is 0. The molecule has 1 aliphatic carbocycles. The van der Waals surface area contributed by atoms with E-state index in [9.17, 15) is 4.39 Å². The van der Waals surface area contributed by atoms with Gasteiger partial charge in [-0.05, 0) is 56.0 Å². The average molecular weight is 242 g/mol. The fourth-order valence-electron chi connectivity index (χ4n) is 2.28. The van der Waals surface area contributed by atoms with Gasteiger partial charge in [-0.15, -0.1) is 0 Å². The number of halogens is 2. The summed E-state index contributed by atoms with van der Waals surface area (Å²) in [6, 6.07) is 5.16. The Labute approximate surface area is 101 Å². The van der Waals surface area contributed by atoms with Crippen LogP contribution >= 0.6 is 11.6 Å². The van der Waals surface area contributed by atoms with Crippen molar-refractivity contribution in [2.24, 2.45) is 5.92 Å². The molecule has 0 aliphatic heterocycles. The third-order valence-corrected chi connectivity index (χ3v) is 3.77. The van der Waals surface area contributed by atoms with Gasteiger partial charge in [0.05, 0.1) is 0 Å². The van der Waals surface area contributed by atoms with E-state index in [-0.39, 0.29) is 5.82 Å². The summed E-state index contributed by atoms with van der Waals surface area (Å²) in [7, 11) is 1.95. The van der Waals surface area contributed by atoms with Crippen molar-refractivity contribution in [2.45, 2.75) is 31.7 Å². The molecule has 0 saturated heterocycles. The van der Waals surface area contributed by atoms with Crippen LogP contribution in [0.5, 0.6) is 0 Å². The number of likely N-dealkylation sites (N-methyl/N-ethyl adjacent to an activating group) is 1. The SMILES string of the molecule is CNC(Cc1cc(Cl)ccc1F)C1CCC1. The highest BCUT2D eigenvalue weighted by atomic mass is 35.5. The summed E-state index contributed by atoms with van der Waals surface area (Å²) >= 11 is 5.88. The van der Waals surface area contributed by atoms with Gasteiger partial charge in [0.1, 0.15) is 5.82 Å². The second kappa shape index (κ2) is 5.15. The Balaban J connectivity index is 2.08. The molecule has 16 heavy (non-hydrogen) atoms. The molecule has 0 radical (unpaired) electrons. The third kappa shape index (κ3) is 2.55. The zero-order valence-corrected chi connectivity index (χ0v) is 10.2. The topological polar surface area (TPSA) is 12.0 Å². The van der Waals surface area contributed by atoms with Gasteiger partial charge in [-0.25, -0.2) is 4.39 Å². The van der Waals surface area contributed by atoms with Gasteiger partial charge in [-0.2, -0.15) is 0 Å². The summed E-state index contributed by atoms with van der Waals surface area (Å²) in [4.78, 5) is 0. The number of nitrogens with one attached hydrogen (secondary N) is 1. The van der Waals surface area contributed by atoms with E-state index in [1.807, 2.05) is 7.05 Å². The van der Waals surface area contributed by atoms with Crippen molar-refractivity contribution in [1.82, 2.24) is 5.32 Å². The quantitative estimate of drug-likeness (QED) is 0.852. The maximum Gasteiger partial charge on any atom is 0.126 e. The number of rotatable bonds is 4. The Kier molecular flexibility index (Phi) is 3.82. The molecule has 3 heteroatoms. The monoisotopic (exact) mass is 241 g/mol. The Morgan fingerprint density at radius 3 is 2.81 bits per heavy atom. The van der Waals surface area contributed by atoms with E-state index in [0.717, 1.165) is 12.0 Å². The molecule has 2 rings (SSSR count). The highest BCUT2D eigenvalue weighted by Crippen LogP contribution is 2.31. The predicted octanol–water partition coefficient (Wildman–Crippen LogP) is 3.41. The Bertz CT molecular complexity index is 363. The Hall–Kier alpha value is -0.600. The lowest BCUT2D eigenvalue weighted by atomic mass is 9.77. The first kappa shape index (κ1) is 11.9. The molecule has 88 valence electrons. The van der Waals surface area contributed by atoms with Crippen molar-refractivity contribution in [3.63, 3.8) is 0 Å². The minimum absolute atomic E-state index is 0.149. The number of benzene rings is 1. The minimum Gasteiger partial charge on any atom is -0.316 e. The lowest BCUT2D eigenvalue weighted by molar-refractivity contribution is 0.234. The van der Waals surface area contributed by atoms with Crippen LogP contribution in [0.1, 0.15) is 24.8 Å². The third-order valence-electron chi connectivity index (χ3n) is 3.54. The van der Waals surface area contributed by atoms with Crippen LogP contribution in [-0.2, 0) is 6.42 Å². The van der Waals surface area contributed by atoms with Crippen LogP contribution in [0.2, 0.25) is 5.02 Å². The van der Waals surface area contributed by atoms with Crippen LogP contribution < -0.4 is 5.32 Å². The van der Waals surface area contributed by atoms with Gasteiger partial charge < -0.3 is 5.32 Å². The Morgan fingerprint density at radius 2 is 2.25 bits per heavy atom. The van der Waals surface area contributed by atoms with Crippen LogP contribution in [0, 0.1) is 11.7 Å². The second-order valence-corrected chi connectivity index (χ2v) is 4.96. The standard InChI is InChI=1S/C13H17ClFN/c1-16-13(9-3-2-4-9)8-10-7-11(14)5-6-12(10)15/h5-7,9,13,16H,2-4,8H2,1H3. The predicted molar refractivity (Wildman–Crippen MR) is 65.3 cm³/mol. The molecular formula is C13H17ClFN. The lowest BCUT2D eigenvalue weighted by Gasteiger charge is -2.33. The van der Waals surface area contributed by atoms with E-state index in [1.165, 1.54) is 25.3 Å². The van der Waals surface area contributed by atoms with E-state index in [1.54, 1.807) is 12.1 Å². The fourth-order valence-corrected chi connectivity index (χ4v) is 2.48. The molecule has 1 nitrogen and oxygen atoms in total. The molecule has 1 atom stereocenters. The molecule has 0 bridgehead atoms. The highest BCUT2D eigenvalue weighted by Gasteiger charge is 2.26. The molecule has 0 spiro atoms. The summed E-state index contributed by atoms with van der Waals surface area (Å²) in [5.74, 6) is 0.548. The maximum atomic E-state index is 13.6. The van der Waals surface area contributed by atoms with E-state index in [4.69, 9.17) is 11.6 Å². The molecule has 1 fully saturated rings. The van der Waals surface area contributed by atoms with Crippen molar-refractivity contribution >= 4 is 11.6 Å². The van der Waals surface area contributed by atoms with Gasteiger partial charge in [0.15, 0.2) is 0 Å². The van der Waals surface area contributed by atoms with E-state index < -0.39 is 0 Å². The lowest BCUT2D eigenvalue weighted by Crippen LogP contribution is -2.39. The molecule has 0 amide bonds. The maximum absolute atomic E-state index is 13.6. The van der Waals surface area contributed by atoms with Crippen LogP contribution in [0.25, 0.3) is 0 Å². The average Bonchev–Trinajstić information content (AvgIpc) is 2.19. The molecule has 0 heterocycles. The van der Waals surface area contributed by atoms with E-state index >= 15 is 0 Å². The van der Waals surface area contributed by atoms with Crippen molar-refractivity contribution in [3.05, 3.63) is 34.6 Å². The van der Waals surface area contributed by atoms with Crippen LogP contribution in [-0.4, -0.2) is 13.1 Å². The smallest absolute Gasteiger partial charge is 0.126 e. The molecular weight excluding hydrogens is 225 g/mol. The minimum atomic E-state index is -0.149. The zero-order chi connectivity index (χ0) is 11.5. The molecule has 1 aromatic carbocycles. The van der Waals surface area contributed by atoms with Gasteiger partial charge in [-0.3, -0.25) is 0 Å². The van der Waals surface area contributed by atoms with Crippen LogP contribution in [0.4, 0.5) is 4.39 Å². The molecule has 1 aromatic rings. The van der Waals surface area contributed by atoms with E-state index in [0.29, 0.717) is 17.0 Å². The van der Waals surface area contributed by atoms with Crippen LogP contribution in [0.3, 0.4) is 0 Å². The molecule has 1 unspecified atom stereocenters. The first-order valence-corrected chi connectivity index (χ1v) is 6.19. The van der Waals surface area contributed by atoms with Crippen molar-refractivity contribution < 1.29 is 4.39 Å². The molecule has 1 saturated carbocycles. The van der Waals surface area contributed by atoms with Crippen LogP contribution in [0.15, 0.2) is 18.2 Å². The second-order valence-electron chi connectivity index (χ2n) is 4.53. The van der Waals surface area contributed by atoms with Gasteiger partial charge in [-0.1, -0.05) is 18.0 Å². The number of hydrogen-bond acceptors (Lipinski definition) is 1. The summed E-state index contributed by atoms with van der Waals surface area (Å²) in [5.41, 5.74) is 0.721. The summed E-state index contributed by atoms with van der Waals surface area (Å²) < 4.78 is 13.6. The molecule has 1 N–H and O–H groups in total. The van der Waals surface area contributed by atoms with Crippen molar-refractivity contribution in [3.8, 4) is 0 Å². The normalized spacial score (nSPS) is 18.2. The first-order chi connectivity index (χ1) is 7.70. The van der Waals surface area contributed by atoms with Gasteiger partial charge in [0.25, 0.3) is 0 Å². The summed E-state index contributed by atoms with van der Waals surface area (Å²) in [5, 5.41) is 3.90. The van der Waals surface area contributed by atoms with Gasteiger partial charge in [0, 0.05) is 11.1 Å². The molecule has 1 aliphatic rings. The van der Waals surface area contributed by atoms with Crippen molar-refractivity contribution in [2.75, 3.05) is 7.05 Å². The summed E-state index contributed by atoms with van der Waals surface area (Å²) in [6.07, 6.45) is 4.55. The first-order valence-electron chi connectivity index (χ1n) is 5.82. The van der Waals surface area contributed by atoms with Gasteiger partial charge in [0.2, 0.25) is 0 Å².